The molecule has 0 saturated carbocycles. The number of para-hydroxylation sites is 1. The van der Waals surface area contributed by atoms with Crippen LogP contribution in [0.2, 0.25) is 0 Å². The molecular weight excluding hydrogens is 368 g/mol. The first kappa shape index (κ1) is 18.7. The minimum Gasteiger partial charge on any atom is -0.486 e. The minimum absolute atomic E-state index is 0.276. The van der Waals surface area contributed by atoms with Crippen molar-refractivity contribution in [3.05, 3.63) is 66.1 Å². The molecule has 4 rings (SSSR count). The van der Waals surface area contributed by atoms with Gasteiger partial charge in [-0.1, -0.05) is 32.0 Å². The number of rotatable bonds is 5. The Kier molecular flexibility index (Phi) is 5.29. The van der Waals surface area contributed by atoms with Crippen molar-refractivity contribution in [3.63, 3.8) is 0 Å². The number of carbonyl (C=O) groups excluding carboxylic acids is 1. The number of hydrogen-bond donors (Lipinski definition) is 2. The molecule has 1 aliphatic rings. The highest BCUT2D eigenvalue weighted by Crippen LogP contribution is 2.33. The Morgan fingerprint density at radius 2 is 1.79 bits per heavy atom. The number of benzene rings is 2. The van der Waals surface area contributed by atoms with Crippen LogP contribution in [0.5, 0.6) is 11.5 Å². The van der Waals surface area contributed by atoms with Crippen molar-refractivity contribution in [2.45, 2.75) is 19.8 Å². The van der Waals surface area contributed by atoms with E-state index < -0.39 is 0 Å². The summed E-state index contributed by atoms with van der Waals surface area (Å²) in [6, 6.07) is 14.9. The number of nitrogens with zero attached hydrogens (tertiary/aromatic N) is 2. The summed E-state index contributed by atoms with van der Waals surface area (Å²) >= 11 is 0. The Morgan fingerprint density at radius 3 is 2.62 bits per heavy atom. The van der Waals surface area contributed by atoms with Crippen LogP contribution in [0.1, 0.15) is 35.8 Å². The number of ether oxygens (including phenoxy) is 2. The van der Waals surface area contributed by atoms with Gasteiger partial charge in [0.05, 0.1) is 0 Å². The van der Waals surface area contributed by atoms with Crippen LogP contribution < -0.4 is 20.1 Å². The Labute approximate surface area is 169 Å². The van der Waals surface area contributed by atoms with E-state index in [4.69, 9.17) is 9.47 Å². The van der Waals surface area contributed by atoms with Gasteiger partial charge in [-0.2, -0.15) is 0 Å². The van der Waals surface area contributed by atoms with Crippen molar-refractivity contribution in [3.8, 4) is 11.5 Å². The lowest BCUT2D eigenvalue weighted by atomic mass is 10.0. The molecule has 0 saturated heterocycles. The third kappa shape index (κ3) is 4.29. The van der Waals surface area contributed by atoms with Gasteiger partial charge in [0.15, 0.2) is 11.5 Å². The minimum atomic E-state index is -0.286. The van der Waals surface area contributed by atoms with E-state index in [1.54, 1.807) is 6.07 Å². The fraction of sp³-hybridized carbons (Fsp3) is 0.227. The second-order valence-corrected chi connectivity index (χ2v) is 6.97. The van der Waals surface area contributed by atoms with Gasteiger partial charge in [-0.15, -0.1) is 0 Å². The SMILES string of the molecule is CC(C)c1ccccc1NC(=O)c1cc(Nc2ccc3c(c2)OCCO3)ncn1. The molecule has 7 nitrogen and oxygen atoms in total. The predicted octanol–water partition coefficient (Wildman–Crippen LogP) is 4.37. The lowest BCUT2D eigenvalue weighted by Gasteiger charge is -2.19. The number of nitrogens with one attached hydrogen (secondary N) is 2. The normalized spacial score (nSPS) is 12.5. The molecule has 1 amide bonds. The van der Waals surface area contributed by atoms with Gasteiger partial charge < -0.3 is 20.1 Å². The van der Waals surface area contributed by atoms with Gasteiger partial charge in [-0.3, -0.25) is 4.79 Å². The highest BCUT2D eigenvalue weighted by Gasteiger charge is 2.14. The molecule has 3 aromatic rings. The van der Waals surface area contributed by atoms with Gasteiger partial charge in [0, 0.05) is 23.5 Å². The monoisotopic (exact) mass is 390 g/mol. The van der Waals surface area contributed by atoms with Gasteiger partial charge in [0.25, 0.3) is 5.91 Å². The van der Waals surface area contributed by atoms with Crippen molar-refractivity contribution in [1.82, 2.24) is 9.97 Å². The second-order valence-electron chi connectivity index (χ2n) is 6.97. The summed E-state index contributed by atoms with van der Waals surface area (Å²) in [6.45, 7) is 5.24. The van der Waals surface area contributed by atoms with Crippen LogP contribution >= 0.6 is 0 Å². The van der Waals surface area contributed by atoms with Gasteiger partial charge in [-0.25, -0.2) is 9.97 Å². The van der Waals surface area contributed by atoms with Crippen LogP contribution in [0.15, 0.2) is 54.9 Å². The molecule has 1 aromatic heterocycles. The van der Waals surface area contributed by atoms with E-state index in [0.717, 1.165) is 16.9 Å². The number of aromatic nitrogens is 2. The van der Waals surface area contributed by atoms with Crippen LogP contribution in [0.25, 0.3) is 0 Å². The molecule has 2 heterocycles. The highest BCUT2D eigenvalue weighted by atomic mass is 16.6. The third-order valence-electron chi connectivity index (χ3n) is 4.55. The number of amides is 1. The molecule has 1 aliphatic heterocycles. The Hall–Kier alpha value is -3.61. The van der Waals surface area contributed by atoms with E-state index in [0.29, 0.717) is 36.4 Å². The van der Waals surface area contributed by atoms with Crippen LogP contribution in [0, 0.1) is 0 Å². The highest BCUT2D eigenvalue weighted by molar-refractivity contribution is 6.03. The molecule has 2 N–H and O–H groups in total. The summed E-state index contributed by atoms with van der Waals surface area (Å²) in [5, 5.41) is 6.12. The van der Waals surface area contributed by atoms with Crippen molar-refractivity contribution >= 4 is 23.1 Å². The first-order chi connectivity index (χ1) is 14.1. The van der Waals surface area contributed by atoms with Crippen molar-refractivity contribution in [2.24, 2.45) is 0 Å². The average molecular weight is 390 g/mol. The smallest absolute Gasteiger partial charge is 0.274 e. The molecule has 0 bridgehead atoms. The molecule has 0 atom stereocenters. The Morgan fingerprint density at radius 1 is 1.00 bits per heavy atom. The second kappa shape index (κ2) is 8.18. The number of fused-ring (bicyclic) bond motifs is 1. The van der Waals surface area contributed by atoms with Crippen molar-refractivity contribution in [2.75, 3.05) is 23.8 Å². The zero-order chi connectivity index (χ0) is 20.2. The van der Waals surface area contributed by atoms with Crippen molar-refractivity contribution < 1.29 is 14.3 Å². The molecule has 2 aromatic carbocycles. The van der Waals surface area contributed by atoms with Gasteiger partial charge in [-0.05, 0) is 29.7 Å². The molecule has 148 valence electrons. The fourth-order valence-electron chi connectivity index (χ4n) is 3.12. The largest absolute Gasteiger partial charge is 0.486 e. The maximum atomic E-state index is 12.7. The summed E-state index contributed by atoms with van der Waals surface area (Å²) in [5.74, 6) is 1.92. The van der Waals surface area contributed by atoms with Gasteiger partial charge in [0.2, 0.25) is 0 Å². The van der Waals surface area contributed by atoms with E-state index in [-0.39, 0.29) is 11.6 Å². The quantitative estimate of drug-likeness (QED) is 0.673. The zero-order valence-corrected chi connectivity index (χ0v) is 16.3. The maximum Gasteiger partial charge on any atom is 0.274 e. The first-order valence-corrected chi connectivity index (χ1v) is 9.49. The van der Waals surface area contributed by atoms with Gasteiger partial charge >= 0.3 is 0 Å². The average Bonchev–Trinajstić information content (AvgIpc) is 2.74. The molecule has 7 heteroatoms. The summed E-state index contributed by atoms with van der Waals surface area (Å²) < 4.78 is 11.1. The van der Waals surface area contributed by atoms with E-state index in [2.05, 4.69) is 34.4 Å². The topological polar surface area (TPSA) is 85.4 Å². The number of anilines is 3. The summed E-state index contributed by atoms with van der Waals surface area (Å²) in [7, 11) is 0. The first-order valence-electron chi connectivity index (χ1n) is 9.49. The van der Waals surface area contributed by atoms with Crippen LogP contribution in [0.4, 0.5) is 17.2 Å². The number of hydrogen-bond acceptors (Lipinski definition) is 6. The number of carbonyl (C=O) groups is 1. The van der Waals surface area contributed by atoms with Crippen LogP contribution in [-0.2, 0) is 0 Å². The molecule has 0 radical (unpaired) electrons. The van der Waals surface area contributed by atoms with Crippen LogP contribution in [0.3, 0.4) is 0 Å². The maximum absolute atomic E-state index is 12.7. The molecule has 0 unspecified atom stereocenters. The lowest BCUT2D eigenvalue weighted by molar-refractivity contribution is 0.102. The van der Waals surface area contributed by atoms with E-state index in [9.17, 15) is 4.79 Å². The lowest BCUT2D eigenvalue weighted by Crippen LogP contribution is -2.16. The van der Waals surface area contributed by atoms with Crippen molar-refractivity contribution in [1.29, 1.82) is 0 Å². The summed E-state index contributed by atoms with van der Waals surface area (Å²) in [4.78, 5) is 21.0. The van der Waals surface area contributed by atoms with E-state index >= 15 is 0 Å². The summed E-state index contributed by atoms with van der Waals surface area (Å²) in [6.07, 6.45) is 1.36. The van der Waals surface area contributed by atoms with Crippen LogP contribution in [-0.4, -0.2) is 29.1 Å². The van der Waals surface area contributed by atoms with Gasteiger partial charge in [0.1, 0.15) is 31.1 Å². The fourth-order valence-corrected chi connectivity index (χ4v) is 3.12. The standard InChI is InChI=1S/C22H22N4O3/c1-14(2)16-5-3-4-6-17(16)26-22(27)18-12-21(24-13-23-18)25-15-7-8-19-20(11-15)29-10-9-28-19/h3-8,11-14H,9-10H2,1-2H3,(H,26,27)(H,23,24,25). The van der Waals surface area contributed by atoms with E-state index in [1.165, 1.54) is 6.33 Å². The predicted molar refractivity (Wildman–Crippen MR) is 111 cm³/mol. The zero-order valence-electron chi connectivity index (χ0n) is 16.3. The molecule has 0 spiro atoms. The summed E-state index contributed by atoms with van der Waals surface area (Å²) in [5.41, 5.74) is 2.92. The molecule has 0 fully saturated rings. The Balaban J connectivity index is 1.51. The molecule has 29 heavy (non-hydrogen) atoms. The third-order valence-corrected chi connectivity index (χ3v) is 4.55. The molecule has 0 aliphatic carbocycles. The molecular formula is C22H22N4O3. The van der Waals surface area contributed by atoms with E-state index in [1.807, 2.05) is 42.5 Å². The Bertz CT molecular complexity index is 1040.